The molecule has 1 N–H and O–H groups in total. The minimum Gasteiger partial charge on any atom is -0.486 e. The van der Waals surface area contributed by atoms with Gasteiger partial charge >= 0.3 is 0 Å². The molecular weight excluding hydrogens is 241 g/mol. The molecule has 2 nitrogen and oxygen atoms in total. The van der Waals surface area contributed by atoms with Gasteiger partial charge in [0, 0.05) is 6.42 Å². The Hall–Kier alpha value is -2.03. The van der Waals surface area contributed by atoms with E-state index in [1.54, 1.807) is 12.1 Å². The van der Waals surface area contributed by atoms with Gasteiger partial charge in [0.05, 0.1) is 12.2 Å². The fraction of sp³-hybridized carbons (Fsp3) is 0.250. The highest BCUT2D eigenvalue weighted by atomic mass is 19.1. The molecule has 1 aliphatic heterocycles. The van der Waals surface area contributed by atoms with Crippen LogP contribution < -0.4 is 10.1 Å². The molecule has 0 aliphatic carbocycles. The molecule has 0 spiro atoms. The number of benzene rings is 2. The molecule has 0 amide bonds. The SMILES string of the molecule is Cc1ccc2c(c1)OC(Cc1cccc(F)c1)CN2. The predicted octanol–water partition coefficient (Wildman–Crippen LogP) is 3.55. The second kappa shape index (κ2) is 4.92. The molecule has 1 unspecified atom stereocenters. The maximum absolute atomic E-state index is 13.2. The summed E-state index contributed by atoms with van der Waals surface area (Å²) in [5.41, 5.74) is 3.16. The summed E-state index contributed by atoms with van der Waals surface area (Å²) >= 11 is 0. The zero-order valence-corrected chi connectivity index (χ0v) is 10.8. The summed E-state index contributed by atoms with van der Waals surface area (Å²) < 4.78 is 19.1. The van der Waals surface area contributed by atoms with Gasteiger partial charge in [0.25, 0.3) is 0 Å². The lowest BCUT2D eigenvalue weighted by Crippen LogP contribution is -2.32. The first-order valence-electron chi connectivity index (χ1n) is 6.46. The van der Waals surface area contributed by atoms with E-state index in [-0.39, 0.29) is 11.9 Å². The second-order valence-electron chi connectivity index (χ2n) is 4.95. The molecule has 0 bridgehead atoms. The van der Waals surface area contributed by atoms with Crippen LogP contribution in [0.3, 0.4) is 0 Å². The minimum atomic E-state index is -0.197. The molecule has 1 heterocycles. The van der Waals surface area contributed by atoms with Gasteiger partial charge in [-0.05, 0) is 42.3 Å². The van der Waals surface area contributed by atoms with Crippen LogP contribution in [0.15, 0.2) is 42.5 Å². The smallest absolute Gasteiger partial charge is 0.143 e. The third kappa shape index (κ3) is 2.70. The summed E-state index contributed by atoms with van der Waals surface area (Å²) in [5.74, 6) is 0.685. The Morgan fingerprint density at radius 1 is 1.26 bits per heavy atom. The van der Waals surface area contributed by atoms with E-state index in [0.717, 1.165) is 23.5 Å². The number of hydrogen-bond donors (Lipinski definition) is 1. The van der Waals surface area contributed by atoms with Crippen molar-refractivity contribution in [2.24, 2.45) is 0 Å². The van der Waals surface area contributed by atoms with Gasteiger partial charge in [-0.1, -0.05) is 18.2 Å². The lowest BCUT2D eigenvalue weighted by Gasteiger charge is -2.27. The van der Waals surface area contributed by atoms with Crippen molar-refractivity contribution in [2.75, 3.05) is 11.9 Å². The van der Waals surface area contributed by atoms with Gasteiger partial charge in [0.15, 0.2) is 0 Å². The van der Waals surface area contributed by atoms with Crippen LogP contribution in [0.4, 0.5) is 10.1 Å². The molecule has 0 aromatic heterocycles. The quantitative estimate of drug-likeness (QED) is 0.888. The van der Waals surface area contributed by atoms with Gasteiger partial charge in [-0.3, -0.25) is 0 Å². The molecule has 0 fully saturated rings. The van der Waals surface area contributed by atoms with Crippen molar-refractivity contribution in [1.82, 2.24) is 0 Å². The zero-order valence-electron chi connectivity index (χ0n) is 10.8. The van der Waals surface area contributed by atoms with Crippen molar-refractivity contribution in [3.63, 3.8) is 0 Å². The van der Waals surface area contributed by atoms with Crippen LogP contribution in [0, 0.1) is 12.7 Å². The Bertz CT molecular complexity index is 597. The largest absolute Gasteiger partial charge is 0.486 e. The fourth-order valence-corrected chi connectivity index (χ4v) is 2.36. The van der Waals surface area contributed by atoms with Gasteiger partial charge in [-0.2, -0.15) is 0 Å². The number of anilines is 1. The summed E-state index contributed by atoms with van der Waals surface area (Å²) in [7, 11) is 0. The molecule has 0 saturated carbocycles. The van der Waals surface area contributed by atoms with E-state index < -0.39 is 0 Å². The number of rotatable bonds is 2. The molecule has 3 heteroatoms. The van der Waals surface area contributed by atoms with Crippen LogP contribution in [0.2, 0.25) is 0 Å². The van der Waals surface area contributed by atoms with Crippen molar-refractivity contribution in [3.05, 3.63) is 59.4 Å². The summed E-state index contributed by atoms with van der Waals surface area (Å²) in [6, 6.07) is 12.8. The Balaban J connectivity index is 1.75. The summed E-state index contributed by atoms with van der Waals surface area (Å²) in [6.07, 6.45) is 0.745. The lowest BCUT2D eigenvalue weighted by atomic mass is 10.1. The van der Waals surface area contributed by atoms with Crippen LogP contribution >= 0.6 is 0 Å². The van der Waals surface area contributed by atoms with Gasteiger partial charge in [0.2, 0.25) is 0 Å². The fourth-order valence-electron chi connectivity index (χ4n) is 2.36. The maximum Gasteiger partial charge on any atom is 0.143 e. The summed E-state index contributed by atoms with van der Waals surface area (Å²) in [4.78, 5) is 0. The van der Waals surface area contributed by atoms with Crippen LogP contribution in [0.5, 0.6) is 5.75 Å². The monoisotopic (exact) mass is 257 g/mol. The number of fused-ring (bicyclic) bond motifs is 1. The Labute approximate surface area is 112 Å². The number of aryl methyl sites for hydroxylation is 1. The lowest BCUT2D eigenvalue weighted by molar-refractivity contribution is 0.206. The van der Waals surface area contributed by atoms with Crippen LogP contribution in [-0.4, -0.2) is 12.6 Å². The van der Waals surface area contributed by atoms with Crippen molar-refractivity contribution in [1.29, 1.82) is 0 Å². The predicted molar refractivity (Wildman–Crippen MR) is 74.2 cm³/mol. The van der Waals surface area contributed by atoms with E-state index in [0.29, 0.717) is 6.42 Å². The van der Waals surface area contributed by atoms with Crippen LogP contribution in [-0.2, 0) is 6.42 Å². The highest BCUT2D eigenvalue weighted by molar-refractivity contribution is 5.59. The van der Waals surface area contributed by atoms with Gasteiger partial charge in [0.1, 0.15) is 17.7 Å². The molecular formula is C16H16FNO. The van der Waals surface area contributed by atoms with Gasteiger partial charge in [-0.25, -0.2) is 4.39 Å². The second-order valence-corrected chi connectivity index (χ2v) is 4.95. The highest BCUT2D eigenvalue weighted by Gasteiger charge is 2.19. The van der Waals surface area contributed by atoms with E-state index in [1.165, 1.54) is 11.6 Å². The van der Waals surface area contributed by atoms with E-state index in [2.05, 4.69) is 11.4 Å². The molecule has 2 aromatic rings. The topological polar surface area (TPSA) is 21.3 Å². The number of ether oxygens (including phenoxy) is 1. The normalized spacial score (nSPS) is 17.3. The van der Waals surface area contributed by atoms with E-state index in [9.17, 15) is 4.39 Å². The number of hydrogen-bond acceptors (Lipinski definition) is 2. The highest BCUT2D eigenvalue weighted by Crippen LogP contribution is 2.30. The van der Waals surface area contributed by atoms with Crippen molar-refractivity contribution in [2.45, 2.75) is 19.4 Å². The third-order valence-corrected chi connectivity index (χ3v) is 3.30. The third-order valence-electron chi connectivity index (χ3n) is 3.30. The molecule has 98 valence electrons. The standard InChI is InChI=1S/C16H16FNO/c1-11-5-6-15-16(7-11)19-14(10-18-15)9-12-3-2-4-13(17)8-12/h2-8,14,18H,9-10H2,1H3. The van der Waals surface area contributed by atoms with Gasteiger partial charge in [-0.15, -0.1) is 0 Å². The average Bonchev–Trinajstić information content (AvgIpc) is 2.38. The first-order valence-corrected chi connectivity index (χ1v) is 6.46. The van der Waals surface area contributed by atoms with Crippen molar-refractivity contribution < 1.29 is 9.13 Å². The molecule has 0 radical (unpaired) electrons. The summed E-state index contributed by atoms with van der Waals surface area (Å²) in [5, 5.41) is 3.36. The zero-order chi connectivity index (χ0) is 13.2. The van der Waals surface area contributed by atoms with Crippen LogP contribution in [0.25, 0.3) is 0 Å². The minimum absolute atomic E-state index is 0.0381. The number of nitrogens with one attached hydrogen (secondary N) is 1. The number of halogens is 1. The Morgan fingerprint density at radius 3 is 3.00 bits per heavy atom. The van der Waals surface area contributed by atoms with Gasteiger partial charge < -0.3 is 10.1 Å². The molecule has 1 aliphatic rings. The molecule has 19 heavy (non-hydrogen) atoms. The molecule has 2 aromatic carbocycles. The first kappa shape index (κ1) is 12.0. The Morgan fingerprint density at radius 2 is 2.16 bits per heavy atom. The molecule has 3 rings (SSSR count). The van der Waals surface area contributed by atoms with E-state index in [4.69, 9.17) is 4.74 Å². The van der Waals surface area contributed by atoms with E-state index >= 15 is 0 Å². The molecule has 0 saturated heterocycles. The van der Waals surface area contributed by atoms with Crippen molar-refractivity contribution >= 4 is 5.69 Å². The summed E-state index contributed by atoms with van der Waals surface area (Å²) in [6.45, 7) is 2.78. The average molecular weight is 257 g/mol. The van der Waals surface area contributed by atoms with Crippen LogP contribution in [0.1, 0.15) is 11.1 Å². The Kier molecular flexibility index (Phi) is 3.11. The molecule has 1 atom stereocenters. The maximum atomic E-state index is 13.2. The van der Waals surface area contributed by atoms with E-state index in [1.807, 2.05) is 25.1 Å². The van der Waals surface area contributed by atoms with Crippen molar-refractivity contribution in [3.8, 4) is 5.75 Å². The first-order chi connectivity index (χ1) is 9.20.